The highest BCUT2D eigenvalue weighted by atomic mass is 19.1. The number of esters is 1. The number of anilines is 1. The first-order valence-corrected chi connectivity index (χ1v) is 8.33. The smallest absolute Gasteiger partial charge is 0.344 e. The van der Waals surface area contributed by atoms with Crippen LogP contribution in [0.2, 0.25) is 0 Å². The number of halogens is 2. The molecule has 1 amide bonds. The fourth-order valence-electron chi connectivity index (χ4n) is 2.64. The van der Waals surface area contributed by atoms with Crippen LogP contribution in [0, 0.1) is 32.4 Å². The van der Waals surface area contributed by atoms with E-state index in [2.05, 4.69) is 5.32 Å². The number of amides is 1. The van der Waals surface area contributed by atoms with Crippen molar-refractivity contribution in [3.05, 3.63) is 58.7 Å². The van der Waals surface area contributed by atoms with Crippen LogP contribution >= 0.6 is 0 Å². The molecule has 2 rings (SSSR count). The Hall–Kier alpha value is -2.96. The predicted molar refractivity (Wildman–Crippen MR) is 96.7 cm³/mol. The Morgan fingerprint density at radius 2 is 1.70 bits per heavy atom. The normalized spacial score (nSPS) is 11.6. The van der Waals surface area contributed by atoms with E-state index < -0.39 is 29.6 Å². The summed E-state index contributed by atoms with van der Waals surface area (Å²) < 4.78 is 37.2. The number of carbonyl (C=O) groups excluding carboxylic acids is 2. The molecule has 27 heavy (non-hydrogen) atoms. The number of aryl methyl sites for hydroxylation is 3. The molecule has 0 bridgehead atoms. The summed E-state index contributed by atoms with van der Waals surface area (Å²) in [6.45, 7) is 6.64. The molecule has 0 radical (unpaired) electrons. The van der Waals surface area contributed by atoms with E-state index in [0.717, 1.165) is 34.9 Å². The van der Waals surface area contributed by atoms with Crippen LogP contribution in [0.1, 0.15) is 23.6 Å². The minimum absolute atomic E-state index is 0.329. The van der Waals surface area contributed by atoms with Gasteiger partial charge in [0.15, 0.2) is 12.7 Å². The molecule has 0 fully saturated rings. The van der Waals surface area contributed by atoms with Gasteiger partial charge in [0.05, 0.1) is 5.69 Å². The Morgan fingerprint density at radius 1 is 1.07 bits per heavy atom. The summed E-state index contributed by atoms with van der Waals surface area (Å²) in [5.41, 5.74) is 2.51. The number of carbonyl (C=O) groups is 2. The van der Waals surface area contributed by atoms with E-state index in [0.29, 0.717) is 5.75 Å². The van der Waals surface area contributed by atoms with Gasteiger partial charge >= 0.3 is 5.97 Å². The standard InChI is InChI=1S/C20H21F2NO4/c1-11-7-12(2)19(13(3)8-11)26-10-18(24)27-14(4)20(25)23-17-9-15(21)5-6-16(17)22/h5-9,14H,10H2,1-4H3,(H,23,25)/t14-/m0/s1. The van der Waals surface area contributed by atoms with Gasteiger partial charge in [-0.15, -0.1) is 0 Å². The molecular weight excluding hydrogens is 356 g/mol. The molecule has 0 heterocycles. The van der Waals surface area contributed by atoms with E-state index >= 15 is 0 Å². The molecular formula is C20H21F2NO4. The largest absolute Gasteiger partial charge is 0.481 e. The maximum absolute atomic E-state index is 13.6. The lowest BCUT2D eigenvalue weighted by Crippen LogP contribution is -2.32. The molecule has 2 aromatic rings. The van der Waals surface area contributed by atoms with Gasteiger partial charge in [-0.25, -0.2) is 13.6 Å². The third kappa shape index (κ3) is 5.51. The van der Waals surface area contributed by atoms with Crippen LogP contribution < -0.4 is 10.1 Å². The summed E-state index contributed by atoms with van der Waals surface area (Å²) in [5.74, 6) is -2.45. The summed E-state index contributed by atoms with van der Waals surface area (Å²) in [5, 5.41) is 2.18. The molecule has 0 saturated carbocycles. The highest BCUT2D eigenvalue weighted by molar-refractivity contribution is 5.95. The number of hydrogen-bond donors (Lipinski definition) is 1. The maximum Gasteiger partial charge on any atom is 0.344 e. The molecule has 0 unspecified atom stereocenters. The van der Waals surface area contributed by atoms with Crippen molar-refractivity contribution in [3.63, 3.8) is 0 Å². The second-order valence-electron chi connectivity index (χ2n) is 6.26. The van der Waals surface area contributed by atoms with Crippen molar-refractivity contribution in [2.45, 2.75) is 33.8 Å². The number of nitrogens with one attached hydrogen (secondary N) is 1. The van der Waals surface area contributed by atoms with Crippen molar-refractivity contribution in [3.8, 4) is 5.75 Å². The lowest BCUT2D eigenvalue weighted by molar-refractivity contribution is -0.155. The van der Waals surface area contributed by atoms with Crippen molar-refractivity contribution < 1.29 is 27.8 Å². The molecule has 7 heteroatoms. The first-order chi connectivity index (χ1) is 12.7. The molecule has 2 aromatic carbocycles. The van der Waals surface area contributed by atoms with Crippen LogP contribution in [-0.2, 0) is 14.3 Å². The molecule has 1 N–H and O–H groups in total. The fourth-order valence-corrected chi connectivity index (χ4v) is 2.64. The first-order valence-electron chi connectivity index (χ1n) is 8.33. The Labute approximate surface area is 156 Å². The van der Waals surface area contributed by atoms with Gasteiger partial charge in [0.2, 0.25) is 0 Å². The van der Waals surface area contributed by atoms with Gasteiger partial charge in [0.1, 0.15) is 17.4 Å². The van der Waals surface area contributed by atoms with Crippen molar-refractivity contribution >= 4 is 17.6 Å². The van der Waals surface area contributed by atoms with Crippen molar-refractivity contribution in [1.82, 2.24) is 0 Å². The van der Waals surface area contributed by atoms with Crippen molar-refractivity contribution in [2.24, 2.45) is 0 Å². The molecule has 0 aliphatic heterocycles. The first kappa shape index (κ1) is 20.4. The summed E-state index contributed by atoms with van der Waals surface area (Å²) in [6, 6.07) is 6.52. The molecule has 144 valence electrons. The Kier molecular flexibility index (Phi) is 6.50. The Bertz CT molecular complexity index is 844. The number of hydrogen-bond acceptors (Lipinski definition) is 4. The van der Waals surface area contributed by atoms with Crippen molar-refractivity contribution in [2.75, 3.05) is 11.9 Å². The monoisotopic (exact) mass is 377 g/mol. The van der Waals surface area contributed by atoms with E-state index in [-0.39, 0.29) is 12.3 Å². The summed E-state index contributed by atoms with van der Waals surface area (Å²) in [6.07, 6.45) is -1.20. The van der Waals surface area contributed by atoms with E-state index in [9.17, 15) is 18.4 Å². The molecule has 1 atom stereocenters. The van der Waals surface area contributed by atoms with Gasteiger partial charge < -0.3 is 14.8 Å². The zero-order chi connectivity index (χ0) is 20.1. The molecule has 0 aromatic heterocycles. The van der Waals surface area contributed by atoms with Gasteiger partial charge in [-0.3, -0.25) is 4.79 Å². The van der Waals surface area contributed by atoms with Crippen LogP contribution in [-0.4, -0.2) is 24.6 Å². The lowest BCUT2D eigenvalue weighted by atomic mass is 10.1. The van der Waals surface area contributed by atoms with E-state index in [1.807, 2.05) is 32.9 Å². The second kappa shape index (κ2) is 8.62. The van der Waals surface area contributed by atoms with Crippen LogP contribution in [0.15, 0.2) is 30.3 Å². The summed E-state index contributed by atoms with van der Waals surface area (Å²) >= 11 is 0. The molecule has 5 nitrogen and oxygen atoms in total. The lowest BCUT2D eigenvalue weighted by Gasteiger charge is -2.16. The molecule has 0 spiro atoms. The predicted octanol–water partition coefficient (Wildman–Crippen LogP) is 3.84. The van der Waals surface area contributed by atoms with E-state index in [1.165, 1.54) is 6.92 Å². The number of ether oxygens (including phenoxy) is 2. The highest BCUT2D eigenvalue weighted by Crippen LogP contribution is 2.24. The third-order valence-corrected chi connectivity index (χ3v) is 3.80. The second-order valence-corrected chi connectivity index (χ2v) is 6.26. The minimum atomic E-state index is -1.20. The molecule has 0 saturated heterocycles. The van der Waals surface area contributed by atoms with Gasteiger partial charge in [-0.1, -0.05) is 17.7 Å². The molecule has 0 aliphatic rings. The Morgan fingerprint density at radius 3 is 2.33 bits per heavy atom. The zero-order valence-electron chi connectivity index (χ0n) is 15.6. The van der Waals surface area contributed by atoms with Gasteiger partial charge in [-0.2, -0.15) is 0 Å². The minimum Gasteiger partial charge on any atom is -0.481 e. The summed E-state index contributed by atoms with van der Waals surface area (Å²) in [4.78, 5) is 23.9. The van der Waals surface area contributed by atoms with Crippen LogP contribution in [0.5, 0.6) is 5.75 Å². The van der Waals surface area contributed by atoms with Crippen LogP contribution in [0.25, 0.3) is 0 Å². The molecule has 0 aliphatic carbocycles. The number of benzene rings is 2. The topological polar surface area (TPSA) is 64.6 Å². The average Bonchev–Trinajstić information content (AvgIpc) is 2.57. The van der Waals surface area contributed by atoms with E-state index in [4.69, 9.17) is 9.47 Å². The van der Waals surface area contributed by atoms with Crippen LogP contribution in [0.4, 0.5) is 14.5 Å². The highest BCUT2D eigenvalue weighted by Gasteiger charge is 2.20. The van der Waals surface area contributed by atoms with E-state index in [1.54, 1.807) is 0 Å². The fraction of sp³-hybridized carbons (Fsp3) is 0.300. The van der Waals surface area contributed by atoms with Crippen molar-refractivity contribution in [1.29, 1.82) is 0 Å². The SMILES string of the molecule is Cc1cc(C)c(OCC(=O)O[C@@H](C)C(=O)Nc2cc(F)ccc2F)c(C)c1. The number of rotatable bonds is 6. The quantitative estimate of drug-likeness (QED) is 0.777. The summed E-state index contributed by atoms with van der Waals surface area (Å²) in [7, 11) is 0. The van der Waals surface area contributed by atoms with Gasteiger partial charge in [0.25, 0.3) is 5.91 Å². The van der Waals surface area contributed by atoms with Gasteiger partial charge in [-0.05, 0) is 51.0 Å². The Balaban J connectivity index is 1.91. The third-order valence-electron chi connectivity index (χ3n) is 3.80. The average molecular weight is 377 g/mol. The van der Waals surface area contributed by atoms with Crippen LogP contribution in [0.3, 0.4) is 0 Å². The maximum atomic E-state index is 13.6. The van der Waals surface area contributed by atoms with Gasteiger partial charge in [0, 0.05) is 6.07 Å². The zero-order valence-corrected chi connectivity index (χ0v) is 15.6.